The van der Waals surface area contributed by atoms with Crippen LogP contribution >= 0.6 is 34.4 Å². The largest absolute Gasteiger partial charge is 0.323 e. The van der Waals surface area contributed by atoms with Gasteiger partial charge in [0.25, 0.3) is 5.56 Å². The van der Waals surface area contributed by atoms with Crippen molar-refractivity contribution in [1.82, 2.24) is 20.2 Å². The second kappa shape index (κ2) is 8.05. The predicted molar refractivity (Wildman–Crippen MR) is 124 cm³/mol. The SMILES string of the molecule is O=C(CSCc1nc2scc(-c3cccs3)c2c(=O)[nH]1)Nc1cccc2cn[nH]c12. The van der Waals surface area contributed by atoms with E-state index in [0.717, 1.165) is 21.3 Å². The van der Waals surface area contributed by atoms with E-state index in [9.17, 15) is 9.59 Å². The van der Waals surface area contributed by atoms with Gasteiger partial charge in [-0.25, -0.2) is 4.98 Å². The number of carbonyl (C=O) groups is 1. The Morgan fingerprint density at radius 3 is 3.00 bits per heavy atom. The van der Waals surface area contributed by atoms with Gasteiger partial charge in [-0.2, -0.15) is 5.10 Å². The molecule has 0 fully saturated rings. The quantitative estimate of drug-likeness (QED) is 0.352. The van der Waals surface area contributed by atoms with Crippen LogP contribution in [0.4, 0.5) is 5.69 Å². The number of benzene rings is 1. The maximum Gasteiger partial charge on any atom is 0.260 e. The van der Waals surface area contributed by atoms with Crippen molar-refractivity contribution >= 4 is 67.1 Å². The lowest BCUT2D eigenvalue weighted by Gasteiger charge is -2.06. The van der Waals surface area contributed by atoms with Crippen molar-refractivity contribution in [3.8, 4) is 10.4 Å². The lowest BCUT2D eigenvalue weighted by molar-refractivity contribution is -0.113. The second-order valence-corrected chi connectivity index (χ2v) is 9.29. The van der Waals surface area contributed by atoms with E-state index in [4.69, 9.17) is 0 Å². The van der Waals surface area contributed by atoms with E-state index < -0.39 is 0 Å². The smallest absolute Gasteiger partial charge is 0.260 e. The summed E-state index contributed by atoms with van der Waals surface area (Å²) < 4.78 is 0. The van der Waals surface area contributed by atoms with Gasteiger partial charge in [0.05, 0.1) is 34.3 Å². The molecular formula is C20H15N5O2S3. The van der Waals surface area contributed by atoms with E-state index in [0.29, 0.717) is 27.5 Å². The Morgan fingerprint density at radius 2 is 2.13 bits per heavy atom. The Bertz CT molecular complexity index is 1400. The van der Waals surface area contributed by atoms with Crippen LogP contribution in [-0.2, 0) is 10.5 Å². The molecule has 0 aliphatic carbocycles. The molecular weight excluding hydrogens is 438 g/mol. The fourth-order valence-electron chi connectivity index (χ4n) is 3.17. The fraction of sp³-hybridized carbons (Fsp3) is 0.100. The summed E-state index contributed by atoms with van der Waals surface area (Å²) in [5, 5.41) is 15.3. The highest BCUT2D eigenvalue weighted by Gasteiger charge is 2.14. The van der Waals surface area contributed by atoms with E-state index >= 15 is 0 Å². The van der Waals surface area contributed by atoms with Crippen LogP contribution in [0.3, 0.4) is 0 Å². The van der Waals surface area contributed by atoms with Crippen molar-refractivity contribution in [2.24, 2.45) is 0 Å². The monoisotopic (exact) mass is 453 g/mol. The third-order valence-electron chi connectivity index (χ3n) is 4.50. The number of nitrogens with one attached hydrogen (secondary N) is 3. The Labute approximate surface area is 182 Å². The number of hydrogen-bond donors (Lipinski definition) is 3. The standard InChI is InChI=1S/C20H15N5O2S3/c26-16(22-13-4-1-3-11-7-21-25-18(11)13)10-28-9-15-23-19(27)17-12(8-30-20(17)24-15)14-5-2-6-29-14/h1-8H,9-10H2,(H,21,25)(H,22,26)(H,23,24,27). The number of thioether (sulfide) groups is 1. The van der Waals surface area contributed by atoms with Gasteiger partial charge in [-0.05, 0) is 17.5 Å². The highest BCUT2D eigenvalue weighted by atomic mass is 32.2. The molecule has 4 aromatic heterocycles. The first-order valence-electron chi connectivity index (χ1n) is 9.03. The number of carbonyl (C=O) groups excluding carboxylic acids is 1. The Hall–Kier alpha value is -2.95. The number of anilines is 1. The van der Waals surface area contributed by atoms with Crippen LogP contribution in [0.1, 0.15) is 5.82 Å². The number of amides is 1. The molecule has 4 heterocycles. The minimum Gasteiger partial charge on any atom is -0.323 e. The first-order valence-corrected chi connectivity index (χ1v) is 11.9. The molecule has 0 aliphatic heterocycles. The molecule has 5 aromatic rings. The van der Waals surface area contributed by atoms with Crippen molar-refractivity contribution in [2.45, 2.75) is 5.75 Å². The molecule has 0 unspecified atom stereocenters. The number of aromatic nitrogens is 4. The van der Waals surface area contributed by atoms with Gasteiger partial charge in [0.2, 0.25) is 5.91 Å². The molecule has 10 heteroatoms. The fourth-order valence-corrected chi connectivity index (χ4v) is 5.65. The van der Waals surface area contributed by atoms with Gasteiger partial charge in [-0.15, -0.1) is 34.4 Å². The number of hydrogen-bond acceptors (Lipinski definition) is 7. The number of nitrogens with zero attached hydrogens (tertiary/aromatic N) is 2. The van der Waals surface area contributed by atoms with Crippen LogP contribution < -0.4 is 10.9 Å². The summed E-state index contributed by atoms with van der Waals surface area (Å²) in [6.45, 7) is 0. The maximum absolute atomic E-state index is 12.6. The number of H-pyrrole nitrogens is 2. The summed E-state index contributed by atoms with van der Waals surface area (Å²) in [5.41, 5.74) is 2.27. The maximum atomic E-state index is 12.6. The van der Waals surface area contributed by atoms with Gasteiger partial charge >= 0.3 is 0 Å². The summed E-state index contributed by atoms with van der Waals surface area (Å²) in [6.07, 6.45) is 1.71. The second-order valence-electron chi connectivity index (χ2n) is 6.50. The van der Waals surface area contributed by atoms with Crippen LogP contribution in [0.25, 0.3) is 31.6 Å². The Morgan fingerprint density at radius 1 is 1.20 bits per heavy atom. The molecule has 1 aromatic carbocycles. The van der Waals surface area contributed by atoms with Gasteiger partial charge < -0.3 is 10.3 Å². The Balaban J connectivity index is 1.26. The van der Waals surface area contributed by atoms with Crippen LogP contribution in [0, 0.1) is 0 Å². The molecule has 0 bridgehead atoms. The van der Waals surface area contributed by atoms with Crippen molar-refractivity contribution in [2.75, 3.05) is 11.1 Å². The average molecular weight is 454 g/mol. The molecule has 0 aliphatic rings. The van der Waals surface area contributed by atoms with E-state index in [1.165, 1.54) is 23.1 Å². The molecule has 5 rings (SSSR count). The Kier molecular flexibility index (Phi) is 5.11. The molecule has 30 heavy (non-hydrogen) atoms. The zero-order chi connectivity index (χ0) is 20.5. The van der Waals surface area contributed by atoms with Gasteiger partial charge in [-0.3, -0.25) is 14.7 Å². The summed E-state index contributed by atoms with van der Waals surface area (Å²) in [5.74, 6) is 1.14. The van der Waals surface area contributed by atoms with Gasteiger partial charge in [0.1, 0.15) is 10.7 Å². The van der Waals surface area contributed by atoms with Crippen LogP contribution in [0.15, 0.2) is 52.1 Å². The molecule has 0 spiro atoms. The number of thiophene rings is 2. The third kappa shape index (κ3) is 3.64. The topological polar surface area (TPSA) is 104 Å². The van der Waals surface area contributed by atoms with Crippen molar-refractivity contribution in [3.63, 3.8) is 0 Å². The first-order chi connectivity index (χ1) is 14.7. The molecule has 3 N–H and O–H groups in total. The van der Waals surface area contributed by atoms with Crippen molar-refractivity contribution in [1.29, 1.82) is 0 Å². The van der Waals surface area contributed by atoms with Gasteiger partial charge in [0.15, 0.2) is 0 Å². The average Bonchev–Trinajstić information content (AvgIpc) is 3.48. The minimum absolute atomic E-state index is 0.123. The van der Waals surface area contributed by atoms with Crippen molar-refractivity contribution in [3.05, 3.63) is 63.5 Å². The molecule has 0 radical (unpaired) electrons. The summed E-state index contributed by atoms with van der Waals surface area (Å²) in [4.78, 5) is 34.2. The lowest BCUT2D eigenvalue weighted by Crippen LogP contribution is -2.15. The molecule has 1 amide bonds. The zero-order valence-corrected chi connectivity index (χ0v) is 17.9. The third-order valence-corrected chi connectivity index (χ3v) is 7.22. The minimum atomic E-state index is -0.143. The number of aromatic amines is 2. The summed E-state index contributed by atoms with van der Waals surface area (Å²) in [6, 6.07) is 9.59. The first kappa shape index (κ1) is 19.0. The lowest BCUT2D eigenvalue weighted by atomic mass is 10.2. The molecule has 0 saturated heterocycles. The zero-order valence-electron chi connectivity index (χ0n) is 15.5. The molecule has 0 saturated carbocycles. The van der Waals surface area contributed by atoms with Gasteiger partial charge in [0, 0.05) is 21.2 Å². The number of para-hydroxylation sites is 1. The molecule has 7 nitrogen and oxygen atoms in total. The van der Waals surface area contributed by atoms with Crippen molar-refractivity contribution < 1.29 is 4.79 Å². The number of rotatable bonds is 6. The molecule has 0 atom stereocenters. The number of fused-ring (bicyclic) bond motifs is 2. The van der Waals surface area contributed by atoms with Gasteiger partial charge in [-0.1, -0.05) is 18.2 Å². The summed E-state index contributed by atoms with van der Waals surface area (Å²) >= 11 is 4.46. The van der Waals surface area contributed by atoms with E-state index in [2.05, 4.69) is 25.5 Å². The van der Waals surface area contributed by atoms with Crippen LogP contribution in [0.2, 0.25) is 0 Å². The van der Waals surface area contributed by atoms with E-state index in [1.54, 1.807) is 17.5 Å². The van der Waals surface area contributed by atoms with E-state index in [1.807, 2.05) is 41.1 Å². The molecule has 150 valence electrons. The van der Waals surface area contributed by atoms with Crippen LogP contribution in [0.5, 0.6) is 0 Å². The highest BCUT2D eigenvalue weighted by molar-refractivity contribution is 7.99. The summed E-state index contributed by atoms with van der Waals surface area (Å²) in [7, 11) is 0. The predicted octanol–water partition coefficient (Wildman–Crippen LogP) is 4.46. The van der Waals surface area contributed by atoms with E-state index in [-0.39, 0.29) is 17.2 Å². The highest BCUT2D eigenvalue weighted by Crippen LogP contribution is 2.33. The van der Waals surface area contributed by atoms with Crippen LogP contribution in [-0.4, -0.2) is 31.8 Å². The normalized spacial score (nSPS) is 11.3.